The van der Waals surface area contributed by atoms with Crippen LogP contribution in [0.1, 0.15) is 17.0 Å². The minimum Gasteiger partial charge on any atom is -0.496 e. The van der Waals surface area contributed by atoms with E-state index in [0.717, 1.165) is 33.5 Å². The topological polar surface area (TPSA) is 62.8 Å². The summed E-state index contributed by atoms with van der Waals surface area (Å²) in [5, 5.41) is 11.7. The first-order chi connectivity index (χ1) is 13.7. The molecule has 0 saturated heterocycles. The van der Waals surface area contributed by atoms with Crippen molar-refractivity contribution in [3.05, 3.63) is 83.6 Å². The Morgan fingerprint density at radius 3 is 2.86 bits per heavy atom. The van der Waals surface area contributed by atoms with Crippen molar-refractivity contribution < 1.29 is 9.13 Å². The molecule has 2 N–H and O–H groups in total. The number of benzene rings is 2. The van der Waals surface area contributed by atoms with E-state index in [0.29, 0.717) is 12.3 Å². The van der Waals surface area contributed by atoms with Gasteiger partial charge >= 0.3 is 0 Å². The molecule has 0 bridgehead atoms. The number of ether oxygens (including phenoxy) is 1. The van der Waals surface area contributed by atoms with E-state index < -0.39 is 0 Å². The average Bonchev–Trinajstić information content (AvgIpc) is 3.14. The Morgan fingerprint density at radius 1 is 1.11 bits per heavy atom. The Labute approximate surface area is 161 Å². The third-order valence-electron chi connectivity index (χ3n) is 4.42. The molecule has 28 heavy (non-hydrogen) atoms. The Bertz CT molecular complexity index is 1120. The van der Waals surface area contributed by atoms with Crippen molar-refractivity contribution >= 4 is 28.7 Å². The highest BCUT2D eigenvalue weighted by atomic mass is 19.1. The van der Waals surface area contributed by atoms with Crippen LogP contribution in [0.4, 0.5) is 10.1 Å². The fourth-order valence-electron chi connectivity index (χ4n) is 2.99. The van der Waals surface area contributed by atoms with Crippen LogP contribution in [0.15, 0.2) is 60.8 Å². The van der Waals surface area contributed by atoms with Gasteiger partial charge in [0.15, 0.2) is 0 Å². The summed E-state index contributed by atoms with van der Waals surface area (Å²) in [5.41, 5.74) is 4.30. The van der Waals surface area contributed by atoms with Gasteiger partial charge in [0.05, 0.1) is 24.0 Å². The Kier molecular flexibility index (Phi) is 5.01. The molecule has 2 aromatic heterocycles. The molecule has 2 heterocycles. The number of methoxy groups -OCH3 is 1. The van der Waals surface area contributed by atoms with Gasteiger partial charge in [0, 0.05) is 29.4 Å². The van der Waals surface area contributed by atoms with Crippen LogP contribution in [0.3, 0.4) is 0 Å². The van der Waals surface area contributed by atoms with E-state index in [9.17, 15) is 4.39 Å². The number of nitrogens with zero attached hydrogens (tertiary/aromatic N) is 2. The zero-order valence-corrected chi connectivity index (χ0v) is 15.3. The SMILES string of the molecule is COc1ccc(F)cc1CNc1ccc2n[nH]c(C=Cc3ccccn3)c2c1. The van der Waals surface area contributed by atoms with E-state index in [1.807, 2.05) is 48.6 Å². The summed E-state index contributed by atoms with van der Waals surface area (Å²) in [6, 6.07) is 16.2. The predicted octanol–water partition coefficient (Wildman–Crippen LogP) is 4.89. The first-order valence-electron chi connectivity index (χ1n) is 8.86. The van der Waals surface area contributed by atoms with Crippen molar-refractivity contribution in [3.8, 4) is 5.75 Å². The maximum Gasteiger partial charge on any atom is 0.124 e. The number of rotatable bonds is 6. The number of hydrogen-bond acceptors (Lipinski definition) is 4. The largest absolute Gasteiger partial charge is 0.496 e. The lowest BCUT2D eigenvalue weighted by Crippen LogP contribution is -2.02. The number of pyridine rings is 1. The minimum absolute atomic E-state index is 0.287. The molecular weight excluding hydrogens is 355 g/mol. The van der Waals surface area contributed by atoms with Crippen LogP contribution in [0, 0.1) is 5.82 Å². The first-order valence-corrected chi connectivity index (χ1v) is 8.86. The lowest BCUT2D eigenvalue weighted by Gasteiger charge is -2.11. The van der Waals surface area contributed by atoms with Crippen LogP contribution in [-0.4, -0.2) is 22.3 Å². The molecular formula is C22H19FN4O. The number of nitrogens with one attached hydrogen (secondary N) is 2. The third-order valence-corrected chi connectivity index (χ3v) is 4.42. The van der Waals surface area contributed by atoms with Gasteiger partial charge in [-0.25, -0.2) is 4.39 Å². The van der Waals surface area contributed by atoms with E-state index in [4.69, 9.17) is 4.74 Å². The fraction of sp³-hybridized carbons (Fsp3) is 0.0909. The molecule has 0 saturated carbocycles. The van der Waals surface area contributed by atoms with Gasteiger partial charge in [-0.05, 0) is 60.7 Å². The number of aromatic nitrogens is 3. The lowest BCUT2D eigenvalue weighted by molar-refractivity contribution is 0.409. The Hall–Kier alpha value is -3.67. The van der Waals surface area contributed by atoms with Gasteiger partial charge in [-0.2, -0.15) is 5.10 Å². The maximum absolute atomic E-state index is 13.5. The van der Waals surface area contributed by atoms with E-state index in [2.05, 4.69) is 20.5 Å². The standard InChI is InChI=1S/C22H19FN4O/c1-28-22-10-5-16(23)12-15(22)14-25-18-7-9-21-19(13-18)20(26-27-21)8-6-17-4-2-3-11-24-17/h2-13,25H,14H2,1H3,(H,26,27). The van der Waals surface area contributed by atoms with Crippen molar-refractivity contribution in [1.82, 2.24) is 15.2 Å². The van der Waals surface area contributed by atoms with Crippen molar-refractivity contribution in [2.45, 2.75) is 6.54 Å². The molecule has 0 spiro atoms. The van der Waals surface area contributed by atoms with Crippen LogP contribution in [-0.2, 0) is 6.54 Å². The van der Waals surface area contributed by atoms with Crippen molar-refractivity contribution in [2.24, 2.45) is 0 Å². The lowest BCUT2D eigenvalue weighted by atomic mass is 10.1. The van der Waals surface area contributed by atoms with Crippen LogP contribution in [0.25, 0.3) is 23.1 Å². The molecule has 0 unspecified atom stereocenters. The maximum atomic E-state index is 13.5. The molecule has 2 aromatic carbocycles. The van der Waals surface area contributed by atoms with Gasteiger partial charge in [-0.1, -0.05) is 6.07 Å². The van der Waals surface area contributed by atoms with Gasteiger partial charge in [-0.3, -0.25) is 10.1 Å². The Morgan fingerprint density at radius 2 is 2.04 bits per heavy atom. The normalized spacial score (nSPS) is 11.2. The molecule has 0 atom stereocenters. The number of halogens is 1. The summed E-state index contributed by atoms with van der Waals surface area (Å²) < 4.78 is 18.8. The smallest absolute Gasteiger partial charge is 0.124 e. The summed E-state index contributed by atoms with van der Waals surface area (Å²) in [6.45, 7) is 0.448. The molecule has 4 rings (SSSR count). The molecule has 0 amide bonds. The van der Waals surface area contributed by atoms with E-state index in [1.54, 1.807) is 19.4 Å². The number of fused-ring (bicyclic) bond motifs is 1. The molecule has 140 valence electrons. The molecule has 6 heteroatoms. The molecule has 0 aliphatic carbocycles. The summed E-state index contributed by atoms with van der Waals surface area (Å²) >= 11 is 0. The van der Waals surface area contributed by atoms with Gasteiger partial charge < -0.3 is 10.1 Å². The minimum atomic E-state index is -0.287. The van der Waals surface area contributed by atoms with Gasteiger partial charge in [0.1, 0.15) is 11.6 Å². The van der Waals surface area contributed by atoms with Gasteiger partial charge in [0.25, 0.3) is 0 Å². The molecule has 4 aromatic rings. The second-order valence-corrected chi connectivity index (χ2v) is 6.27. The average molecular weight is 374 g/mol. The monoisotopic (exact) mass is 374 g/mol. The second-order valence-electron chi connectivity index (χ2n) is 6.27. The highest BCUT2D eigenvalue weighted by Gasteiger charge is 2.07. The predicted molar refractivity (Wildman–Crippen MR) is 110 cm³/mol. The van der Waals surface area contributed by atoms with Crippen molar-refractivity contribution in [1.29, 1.82) is 0 Å². The summed E-state index contributed by atoms with van der Waals surface area (Å²) in [4.78, 5) is 4.29. The Balaban J connectivity index is 1.56. The van der Waals surface area contributed by atoms with Gasteiger partial charge in [0.2, 0.25) is 0 Å². The number of aromatic amines is 1. The number of H-pyrrole nitrogens is 1. The number of hydrogen-bond donors (Lipinski definition) is 2. The molecule has 0 fully saturated rings. The van der Waals surface area contributed by atoms with Crippen LogP contribution < -0.4 is 10.1 Å². The van der Waals surface area contributed by atoms with Crippen LogP contribution in [0.2, 0.25) is 0 Å². The molecule has 0 aliphatic rings. The van der Waals surface area contributed by atoms with Crippen molar-refractivity contribution in [3.63, 3.8) is 0 Å². The van der Waals surface area contributed by atoms with Gasteiger partial charge in [-0.15, -0.1) is 0 Å². The zero-order valence-electron chi connectivity index (χ0n) is 15.3. The fourth-order valence-corrected chi connectivity index (χ4v) is 2.99. The van der Waals surface area contributed by atoms with E-state index >= 15 is 0 Å². The summed E-state index contributed by atoms with van der Waals surface area (Å²) in [7, 11) is 1.58. The second kappa shape index (κ2) is 7.92. The first kappa shape index (κ1) is 17.7. The van der Waals surface area contributed by atoms with E-state index in [1.165, 1.54) is 12.1 Å². The van der Waals surface area contributed by atoms with E-state index in [-0.39, 0.29) is 5.82 Å². The third kappa shape index (κ3) is 3.86. The van der Waals surface area contributed by atoms with Crippen molar-refractivity contribution in [2.75, 3.05) is 12.4 Å². The molecule has 5 nitrogen and oxygen atoms in total. The number of anilines is 1. The highest BCUT2D eigenvalue weighted by Crippen LogP contribution is 2.24. The van der Waals surface area contributed by atoms with Crippen LogP contribution in [0.5, 0.6) is 5.75 Å². The highest BCUT2D eigenvalue weighted by molar-refractivity contribution is 5.91. The molecule has 0 aliphatic heterocycles. The van der Waals surface area contributed by atoms with Crippen LogP contribution >= 0.6 is 0 Å². The summed E-state index contributed by atoms with van der Waals surface area (Å²) in [6.07, 6.45) is 5.65. The molecule has 0 radical (unpaired) electrons. The zero-order chi connectivity index (χ0) is 19.3. The quantitative estimate of drug-likeness (QED) is 0.504. The summed E-state index contributed by atoms with van der Waals surface area (Å²) in [5.74, 6) is 0.363.